The average molecular weight is 326 g/mol. The van der Waals surface area contributed by atoms with E-state index in [2.05, 4.69) is 11.9 Å². The van der Waals surface area contributed by atoms with Crippen molar-refractivity contribution in [3.8, 4) is 0 Å². The molecule has 0 aliphatic heterocycles. The van der Waals surface area contributed by atoms with E-state index in [1.165, 1.54) is 12.1 Å². The van der Waals surface area contributed by atoms with Gasteiger partial charge in [-0.05, 0) is 37.5 Å². The molecule has 6 heteroatoms. The third kappa shape index (κ3) is 4.82. The van der Waals surface area contributed by atoms with Crippen molar-refractivity contribution < 1.29 is 18.0 Å². The van der Waals surface area contributed by atoms with Crippen LogP contribution >= 0.6 is 0 Å². The molecule has 0 bridgehead atoms. The molecule has 3 nitrogen and oxygen atoms in total. The molecule has 0 spiro atoms. The van der Waals surface area contributed by atoms with Crippen LogP contribution in [0.2, 0.25) is 0 Å². The SMILES string of the molecule is C=CCNC(=O)CN(C1CC1)C(C)c1cccc(C(F)(F)F)c1. The predicted molar refractivity (Wildman–Crippen MR) is 82.8 cm³/mol. The molecule has 1 amide bonds. The first kappa shape index (κ1) is 17.5. The summed E-state index contributed by atoms with van der Waals surface area (Å²) >= 11 is 0. The van der Waals surface area contributed by atoms with E-state index in [9.17, 15) is 18.0 Å². The van der Waals surface area contributed by atoms with Crippen LogP contribution in [0.15, 0.2) is 36.9 Å². The summed E-state index contributed by atoms with van der Waals surface area (Å²) in [5, 5.41) is 2.71. The molecule has 1 fully saturated rings. The van der Waals surface area contributed by atoms with Gasteiger partial charge in [-0.15, -0.1) is 6.58 Å². The van der Waals surface area contributed by atoms with Crippen LogP contribution in [-0.4, -0.2) is 29.9 Å². The lowest BCUT2D eigenvalue weighted by Crippen LogP contribution is -2.40. The van der Waals surface area contributed by atoms with Gasteiger partial charge in [-0.2, -0.15) is 13.2 Å². The minimum atomic E-state index is -4.36. The second-order valence-electron chi connectivity index (χ2n) is 5.80. The standard InChI is InChI=1S/C17H21F3N2O/c1-3-9-21-16(23)11-22(15-7-8-15)12(2)13-5-4-6-14(10-13)17(18,19)20/h3-6,10,12,15H,1,7-9,11H2,2H3,(H,21,23). The maximum atomic E-state index is 12.9. The van der Waals surface area contributed by atoms with Gasteiger partial charge < -0.3 is 5.32 Å². The first-order valence-electron chi connectivity index (χ1n) is 7.63. The Balaban J connectivity index is 2.13. The highest BCUT2D eigenvalue weighted by atomic mass is 19.4. The molecule has 1 atom stereocenters. The number of amides is 1. The Morgan fingerprint density at radius 2 is 2.17 bits per heavy atom. The van der Waals surface area contributed by atoms with Gasteiger partial charge in [0.2, 0.25) is 5.91 Å². The van der Waals surface area contributed by atoms with Gasteiger partial charge in [-0.3, -0.25) is 9.69 Å². The second-order valence-corrected chi connectivity index (χ2v) is 5.80. The van der Waals surface area contributed by atoms with Crippen molar-refractivity contribution >= 4 is 5.91 Å². The lowest BCUT2D eigenvalue weighted by molar-refractivity contribution is -0.137. The van der Waals surface area contributed by atoms with Gasteiger partial charge in [0.1, 0.15) is 0 Å². The van der Waals surface area contributed by atoms with Crippen molar-refractivity contribution in [1.29, 1.82) is 0 Å². The van der Waals surface area contributed by atoms with Gasteiger partial charge >= 0.3 is 6.18 Å². The molecule has 1 unspecified atom stereocenters. The maximum absolute atomic E-state index is 12.9. The molecule has 0 saturated heterocycles. The Hall–Kier alpha value is -1.82. The van der Waals surface area contributed by atoms with E-state index in [1.807, 2.05) is 11.8 Å². The van der Waals surface area contributed by atoms with Gasteiger partial charge in [-0.1, -0.05) is 18.2 Å². The molecule has 126 valence electrons. The van der Waals surface area contributed by atoms with E-state index in [0.29, 0.717) is 12.1 Å². The molecule has 1 aliphatic rings. The van der Waals surface area contributed by atoms with E-state index in [4.69, 9.17) is 0 Å². The van der Waals surface area contributed by atoms with Crippen LogP contribution in [-0.2, 0) is 11.0 Å². The molecular formula is C17H21F3N2O. The first-order chi connectivity index (χ1) is 10.8. The Bertz CT molecular complexity index is 567. The van der Waals surface area contributed by atoms with Crippen molar-refractivity contribution in [3.63, 3.8) is 0 Å². The molecule has 23 heavy (non-hydrogen) atoms. The molecule has 0 radical (unpaired) electrons. The van der Waals surface area contributed by atoms with Crippen molar-refractivity contribution in [2.45, 2.75) is 38.0 Å². The fourth-order valence-corrected chi connectivity index (χ4v) is 2.56. The molecule has 1 aromatic rings. The number of carbonyl (C=O) groups is 1. The third-order valence-electron chi connectivity index (χ3n) is 3.98. The van der Waals surface area contributed by atoms with Crippen molar-refractivity contribution in [1.82, 2.24) is 10.2 Å². The van der Waals surface area contributed by atoms with Crippen LogP contribution in [0.5, 0.6) is 0 Å². The molecule has 1 aromatic carbocycles. The zero-order valence-electron chi connectivity index (χ0n) is 13.1. The van der Waals surface area contributed by atoms with E-state index in [-0.39, 0.29) is 24.5 Å². The molecule has 0 heterocycles. The van der Waals surface area contributed by atoms with Gasteiger partial charge in [0, 0.05) is 18.6 Å². The quantitative estimate of drug-likeness (QED) is 0.778. The lowest BCUT2D eigenvalue weighted by Gasteiger charge is -2.29. The topological polar surface area (TPSA) is 32.3 Å². The summed E-state index contributed by atoms with van der Waals surface area (Å²) < 4.78 is 38.6. The van der Waals surface area contributed by atoms with E-state index >= 15 is 0 Å². The zero-order valence-corrected chi connectivity index (χ0v) is 13.1. The second kappa shape index (κ2) is 7.17. The summed E-state index contributed by atoms with van der Waals surface area (Å²) in [7, 11) is 0. The Kier molecular flexibility index (Phi) is 5.46. The maximum Gasteiger partial charge on any atom is 0.416 e. The number of hydrogen-bond donors (Lipinski definition) is 1. The first-order valence-corrected chi connectivity index (χ1v) is 7.63. The predicted octanol–water partition coefficient (Wildman–Crippen LogP) is 3.53. The highest BCUT2D eigenvalue weighted by Crippen LogP contribution is 2.36. The van der Waals surface area contributed by atoms with E-state index in [1.54, 1.807) is 12.1 Å². The third-order valence-corrected chi connectivity index (χ3v) is 3.98. The summed E-state index contributed by atoms with van der Waals surface area (Å²) in [6.45, 7) is 5.94. The number of nitrogens with zero attached hydrogens (tertiary/aromatic N) is 1. The number of rotatable bonds is 7. The number of alkyl halides is 3. The van der Waals surface area contributed by atoms with E-state index < -0.39 is 11.7 Å². The molecular weight excluding hydrogens is 305 g/mol. The minimum absolute atomic E-state index is 0.143. The fraction of sp³-hybridized carbons (Fsp3) is 0.471. The summed E-state index contributed by atoms with van der Waals surface area (Å²) in [5.41, 5.74) is -0.0862. The molecule has 1 aliphatic carbocycles. The van der Waals surface area contributed by atoms with Crippen LogP contribution in [0.25, 0.3) is 0 Å². The van der Waals surface area contributed by atoms with Gasteiger partial charge in [-0.25, -0.2) is 0 Å². The van der Waals surface area contributed by atoms with E-state index in [0.717, 1.165) is 18.9 Å². The summed E-state index contributed by atoms with van der Waals surface area (Å²) in [4.78, 5) is 13.9. The average Bonchev–Trinajstić information content (AvgIpc) is 3.34. The highest BCUT2D eigenvalue weighted by molar-refractivity contribution is 5.78. The van der Waals surface area contributed by atoms with Crippen molar-refractivity contribution in [2.24, 2.45) is 0 Å². The summed E-state index contributed by atoms with van der Waals surface area (Å²) in [5.74, 6) is -0.143. The number of benzene rings is 1. The monoisotopic (exact) mass is 326 g/mol. The molecule has 1 N–H and O–H groups in total. The molecule has 0 aromatic heterocycles. The van der Waals surface area contributed by atoms with Crippen LogP contribution in [0.1, 0.15) is 36.9 Å². The van der Waals surface area contributed by atoms with Crippen molar-refractivity contribution in [2.75, 3.05) is 13.1 Å². The highest BCUT2D eigenvalue weighted by Gasteiger charge is 2.35. The van der Waals surface area contributed by atoms with Gasteiger partial charge in [0.25, 0.3) is 0 Å². The Morgan fingerprint density at radius 3 is 2.74 bits per heavy atom. The van der Waals surface area contributed by atoms with Crippen molar-refractivity contribution in [3.05, 3.63) is 48.0 Å². The number of halogens is 3. The minimum Gasteiger partial charge on any atom is -0.352 e. The molecule has 2 rings (SSSR count). The lowest BCUT2D eigenvalue weighted by atomic mass is 10.0. The van der Waals surface area contributed by atoms with Gasteiger partial charge in [0.05, 0.1) is 12.1 Å². The summed E-state index contributed by atoms with van der Waals surface area (Å²) in [6, 6.07) is 5.33. The number of carbonyl (C=O) groups excluding carboxylic acids is 1. The summed E-state index contributed by atoms with van der Waals surface area (Å²) in [6.07, 6.45) is -0.826. The van der Waals surface area contributed by atoms with Crippen LogP contribution in [0, 0.1) is 0 Å². The van der Waals surface area contributed by atoms with Gasteiger partial charge in [0.15, 0.2) is 0 Å². The van der Waals surface area contributed by atoms with Crippen LogP contribution in [0.3, 0.4) is 0 Å². The fourth-order valence-electron chi connectivity index (χ4n) is 2.56. The Labute approximate surface area is 134 Å². The normalized spacial score (nSPS) is 16.2. The zero-order chi connectivity index (χ0) is 17.0. The smallest absolute Gasteiger partial charge is 0.352 e. The van der Waals surface area contributed by atoms with Crippen LogP contribution < -0.4 is 5.32 Å². The molecule has 1 saturated carbocycles. The largest absolute Gasteiger partial charge is 0.416 e. The number of nitrogens with one attached hydrogen (secondary N) is 1. The Morgan fingerprint density at radius 1 is 1.48 bits per heavy atom. The number of hydrogen-bond acceptors (Lipinski definition) is 2. The van der Waals surface area contributed by atoms with Crippen LogP contribution in [0.4, 0.5) is 13.2 Å².